The number of ether oxygens (including phenoxy) is 2. The zero-order valence-corrected chi connectivity index (χ0v) is 16.9. The van der Waals surface area contributed by atoms with E-state index in [0.717, 1.165) is 5.57 Å². The van der Waals surface area contributed by atoms with Gasteiger partial charge in [-0.1, -0.05) is 50.3 Å². The Morgan fingerprint density at radius 3 is 2.46 bits per heavy atom. The number of carbonyl (C=O) groups is 1. The number of carbonyl (C=O) groups excluding carboxylic acids is 1. The Hall–Kier alpha value is -2.48. The maximum Gasteiger partial charge on any atom is 0.315 e. The molecule has 0 amide bonds. The quantitative estimate of drug-likeness (QED) is 0.331. The highest BCUT2D eigenvalue weighted by Gasteiger charge is 2.58. The standard InChI is InChI=1S/C22H19Cl2NO3/c1-22(2)17(12-19(23)24)20(22)21(26)28-18(13-25)14-7-6-10-16(11-14)27-15-8-4-3-5-9-15/h3-12,18-20H,1-2H3. The van der Waals surface area contributed by atoms with Gasteiger partial charge in [0.05, 0.1) is 5.92 Å². The Morgan fingerprint density at radius 1 is 1.14 bits per heavy atom. The summed E-state index contributed by atoms with van der Waals surface area (Å²) >= 11 is 11.6. The Morgan fingerprint density at radius 2 is 1.82 bits per heavy atom. The van der Waals surface area contributed by atoms with Crippen molar-refractivity contribution in [1.29, 1.82) is 5.26 Å². The molecule has 0 saturated heterocycles. The lowest BCUT2D eigenvalue weighted by molar-refractivity contribution is -0.149. The van der Waals surface area contributed by atoms with E-state index >= 15 is 0 Å². The first-order valence-corrected chi connectivity index (χ1v) is 9.63. The fourth-order valence-corrected chi connectivity index (χ4v) is 3.44. The summed E-state index contributed by atoms with van der Waals surface area (Å²) in [5, 5.41) is 9.53. The number of alkyl halides is 2. The minimum Gasteiger partial charge on any atom is -0.457 e. The summed E-state index contributed by atoms with van der Waals surface area (Å²) in [7, 11) is 0. The van der Waals surface area contributed by atoms with Gasteiger partial charge in [-0.3, -0.25) is 4.79 Å². The molecule has 6 heteroatoms. The molecule has 0 N–H and O–H groups in total. The van der Waals surface area contributed by atoms with Crippen molar-refractivity contribution in [3.05, 3.63) is 71.8 Å². The van der Waals surface area contributed by atoms with Crippen LogP contribution < -0.4 is 4.74 Å². The Kier molecular flexibility index (Phi) is 5.98. The van der Waals surface area contributed by atoms with E-state index in [0.29, 0.717) is 17.1 Å². The van der Waals surface area contributed by atoms with E-state index in [2.05, 4.69) is 0 Å². The molecule has 1 saturated carbocycles. The first kappa shape index (κ1) is 20.3. The van der Waals surface area contributed by atoms with Crippen LogP contribution in [0.2, 0.25) is 0 Å². The van der Waals surface area contributed by atoms with Crippen LogP contribution in [0.5, 0.6) is 11.5 Å². The fraction of sp³-hybridized carbons (Fsp3) is 0.273. The lowest BCUT2D eigenvalue weighted by Gasteiger charge is -2.13. The largest absolute Gasteiger partial charge is 0.457 e. The number of hydrogen-bond donors (Lipinski definition) is 0. The van der Waals surface area contributed by atoms with Crippen molar-refractivity contribution in [1.82, 2.24) is 0 Å². The number of esters is 1. The van der Waals surface area contributed by atoms with Crippen LogP contribution >= 0.6 is 23.2 Å². The molecule has 2 atom stereocenters. The van der Waals surface area contributed by atoms with Crippen LogP contribution in [0.25, 0.3) is 0 Å². The van der Waals surface area contributed by atoms with Crippen LogP contribution in [0, 0.1) is 22.7 Å². The van der Waals surface area contributed by atoms with Gasteiger partial charge in [-0.25, -0.2) is 0 Å². The third-order valence-corrected chi connectivity index (χ3v) is 4.98. The summed E-state index contributed by atoms with van der Waals surface area (Å²) in [6.07, 6.45) is 0.609. The number of nitrogens with zero attached hydrogens (tertiary/aromatic N) is 1. The minimum absolute atomic E-state index is 0.378. The van der Waals surface area contributed by atoms with Crippen LogP contribution in [0.3, 0.4) is 0 Å². The summed E-state index contributed by atoms with van der Waals surface area (Å²) in [5.41, 5.74) is 0.989. The number of rotatable bonds is 6. The predicted octanol–water partition coefficient (Wildman–Crippen LogP) is 5.97. The van der Waals surface area contributed by atoms with Crippen molar-refractivity contribution in [2.75, 3.05) is 0 Å². The minimum atomic E-state index is -1.03. The number of halogens is 2. The average molecular weight is 416 g/mol. The number of nitriles is 1. The monoisotopic (exact) mass is 415 g/mol. The van der Waals surface area contributed by atoms with E-state index in [9.17, 15) is 10.1 Å². The summed E-state index contributed by atoms with van der Waals surface area (Å²) in [6, 6.07) is 18.3. The lowest BCUT2D eigenvalue weighted by atomic mass is 10.1. The van der Waals surface area contributed by atoms with Gasteiger partial charge in [-0.2, -0.15) is 5.26 Å². The highest BCUT2D eigenvalue weighted by Crippen LogP contribution is 2.59. The Labute approximate surface area is 174 Å². The second-order valence-electron chi connectivity index (χ2n) is 7.04. The van der Waals surface area contributed by atoms with Gasteiger partial charge in [0.25, 0.3) is 0 Å². The number of hydrogen-bond acceptors (Lipinski definition) is 4. The maximum absolute atomic E-state index is 12.6. The second-order valence-corrected chi connectivity index (χ2v) is 8.21. The molecule has 2 aromatic rings. The summed E-state index contributed by atoms with van der Waals surface area (Å²) in [5.74, 6) is 0.314. The van der Waals surface area contributed by atoms with Crippen molar-refractivity contribution in [3.63, 3.8) is 0 Å². The van der Waals surface area contributed by atoms with Gasteiger partial charge >= 0.3 is 5.97 Å². The molecular formula is C22H19Cl2NO3. The smallest absolute Gasteiger partial charge is 0.315 e. The molecule has 0 spiro atoms. The van der Waals surface area contributed by atoms with Crippen molar-refractivity contribution < 1.29 is 14.3 Å². The van der Waals surface area contributed by atoms with Gasteiger partial charge in [0.1, 0.15) is 22.4 Å². The molecular weight excluding hydrogens is 397 g/mol. The normalized spacial score (nSPS) is 19.7. The van der Waals surface area contributed by atoms with E-state index in [-0.39, 0.29) is 5.41 Å². The summed E-state index contributed by atoms with van der Waals surface area (Å²) in [6.45, 7) is 3.83. The molecule has 0 bridgehead atoms. The van der Waals surface area contributed by atoms with Gasteiger partial charge in [0.15, 0.2) is 0 Å². The zero-order valence-electron chi connectivity index (χ0n) is 15.4. The maximum atomic E-state index is 12.6. The molecule has 0 radical (unpaired) electrons. The van der Waals surface area contributed by atoms with E-state index in [1.165, 1.54) is 0 Å². The number of allylic oxidation sites excluding steroid dienone is 1. The van der Waals surface area contributed by atoms with Crippen LogP contribution in [-0.2, 0) is 9.53 Å². The van der Waals surface area contributed by atoms with Crippen molar-refractivity contribution >= 4 is 29.2 Å². The molecule has 0 aromatic heterocycles. The molecule has 144 valence electrons. The average Bonchev–Trinajstić information content (AvgIpc) is 3.20. The molecule has 1 aliphatic carbocycles. The lowest BCUT2D eigenvalue weighted by Crippen LogP contribution is -2.14. The first-order valence-electron chi connectivity index (χ1n) is 8.76. The van der Waals surface area contributed by atoms with E-state index in [4.69, 9.17) is 32.7 Å². The molecule has 1 aliphatic rings. The van der Waals surface area contributed by atoms with Gasteiger partial charge < -0.3 is 9.47 Å². The molecule has 0 aliphatic heterocycles. The van der Waals surface area contributed by atoms with E-state index in [1.807, 2.05) is 50.2 Å². The van der Waals surface area contributed by atoms with Gasteiger partial charge in [-0.15, -0.1) is 23.2 Å². The van der Waals surface area contributed by atoms with E-state index in [1.54, 1.807) is 30.3 Å². The third-order valence-electron chi connectivity index (χ3n) is 4.73. The Balaban J connectivity index is 1.73. The summed E-state index contributed by atoms with van der Waals surface area (Å²) < 4.78 is 11.3. The zero-order chi connectivity index (χ0) is 20.3. The number of para-hydroxylation sites is 1. The molecule has 1 fully saturated rings. The van der Waals surface area contributed by atoms with Crippen molar-refractivity contribution in [2.24, 2.45) is 11.3 Å². The van der Waals surface area contributed by atoms with Gasteiger partial charge in [0, 0.05) is 11.0 Å². The topological polar surface area (TPSA) is 59.3 Å². The Bertz CT molecular complexity index is 932. The van der Waals surface area contributed by atoms with E-state index < -0.39 is 22.8 Å². The molecule has 0 heterocycles. The number of benzene rings is 2. The van der Waals surface area contributed by atoms with Crippen LogP contribution in [0.15, 0.2) is 66.2 Å². The van der Waals surface area contributed by atoms with Crippen LogP contribution in [-0.4, -0.2) is 10.8 Å². The second kappa shape index (κ2) is 8.26. The third kappa shape index (κ3) is 4.49. The van der Waals surface area contributed by atoms with Gasteiger partial charge in [0.2, 0.25) is 6.10 Å². The van der Waals surface area contributed by atoms with Crippen molar-refractivity contribution in [2.45, 2.75) is 24.8 Å². The molecule has 28 heavy (non-hydrogen) atoms. The summed E-state index contributed by atoms with van der Waals surface area (Å²) in [4.78, 5) is 11.9. The molecule has 3 rings (SSSR count). The highest BCUT2D eigenvalue weighted by molar-refractivity contribution is 6.45. The SMILES string of the molecule is CC1(C)C(=CC(Cl)Cl)C1C(=O)OC(C#N)c1cccc(Oc2ccccc2)c1. The van der Waals surface area contributed by atoms with Crippen LogP contribution in [0.1, 0.15) is 25.5 Å². The molecule has 2 unspecified atom stereocenters. The fourth-order valence-electron chi connectivity index (χ4n) is 3.17. The predicted molar refractivity (Wildman–Crippen MR) is 108 cm³/mol. The molecule has 2 aromatic carbocycles. The van der Waals surface area contributed by atoms with Gasteiger partial charge in [-0.05, 0) is 29.8 Å². The highest BCUT2D eigenvalue weighted by atomic mass is 35.5. The first-order chi connectivity index (χ1) is 13.3. The van der Waals surface area contributed by atoms with Crippen LogP contribution in [0.4, 0.5) is 0 Å². The molecule has 4 nitrogen and oxygen atoms in total. The van der Waals surface area contributed by atoms with Crippen molar-refractivity contribution in [3.8, 4) is 17.6 Å².